The zero-order chi connectivity index (χ0) is 14.3. The molecule has 0 aliphatic carbocycles. The van der Waals surface area contributed by atoms with Crippen LogP contribution in [-0.4, -0.2) is 30.7 Å². The van der Waals surface area contributed by atoms with Crippen LogP contribution >= 0.6 is 0 Å². The summed E-state index contributed by atoms with van der Waals surface area (Å²) in [5.74, 6) is 0.102. The maximum Gasteiger partial charge on any atom is 0.255 e. The van der Waals surface area contributed by atoms with Gasteiger partial charge in [-0.15, -0.1) is 0 Å². The van der Waals surface area contributed by atoms with Crippen LogP contribution in [0, 0.1) is 0 Å². The molecule has 0 heterocycles. The highest BCUT2D eigenvalue weighted by molar-refractivity contribution is 5.97. The minimum atomic E-state index is -0.313. The minimum absolute atomic E-state index is 0.0612. The second-order valence-electron chi connectivity index (χ2n) is 4.43. The molecule has 0 bridgehead atoms. The van der Waals surface area contributed by atoms with Gasteiger partial charge in [0.25, 0.3) is 5.91 Å². The molecule has 0 aliphatic heterocycles. The summed E-state index contributed by atoms with van der Waals surface area (Å²) in [6.07, 6.45) is 2.91. The molecule has 1 unspecified atom stereocenters. The molecule has 0 fully saturated rings. The summed E-state index contributed by atoms with van der Waals surface area (Å²) in [5.41, 5.74) is 5.86. The van der Waals surface area contributed by atoms with E-state index in [1.54, 1.807) is 6.07 Å². The first-order valence-electron chi connectivity index (χ1n) is 6.50. The van der Waals surface area contributed by atoms with Crippen LogP contribution in [-0.2, 0) is 0 Å². The first kappa shape index (κ1) is 15.3. The Hall–Kier alpha value is -1.75. The van der Waals surface area contributed by atoms with Gasteiger partial charge in [0.15, 0.2) is 0 Å². The molecule has 1 aromatic carbocycles. The molecule has 0 aliphatic rings. The quantitative estimate of drug-likeness (QED) is 0.700. The normalized spacial score (nSPS) is 11.9. The number of phenols is 1. The molecule has 5 heteroatoms. The van der Waals surface area contributed by atoms with Gasteiger partial charge in [-0.3, -0.25) is 4.79 Å². The zero-order valence-electron chi connectivity index (χ0n) is 11.5. The van der Waals surface area contributed by atoms with Gasteiger partial charge in [-0.1, -0.05) is 19.8 Å². The van der Waals surface area contributed by atoms with Crippen molar-refractivity contribution in [2.24, 2.45) is 5.73 Å². The van der Waals surface area contributed by atoms with Gasteiger partial charge >= 0.3 is 0 Å². The van der Waals surface area contributed by atoms with E-state index >= 15 is 0 Å². The fourth-order valence-electron chi connectivity index (χ4n) is 1.79. The Bertz CT molecular complexity index is 421. The average Bonchev–Trinajstić information content (AvgIpc) is 2.42. The lowest BCUT2D eigenvalue weighted by molar-refractivity contribution is 0.0933. The fourth-order valence-corrected chi connectivity index (χ4v) is 1.79. The molecule has 0 saturated carbocycles. The lowest BCUT2D eigenvalue weighted by atomic mass is 10.1. The van der Waals surface area contributed by atoms with Crippen molar-refractivity contribution in [3.05, 3.63) is 23.8 Å². The van der Waals surface area contributed by atoms with Crippen LogP contribution in [0.5, 0.6) is 11.5 Å². The largest absolute Gasteiger partial charge is 0.507 e. The number of carbonyl (C=O) groups is 1. The van der Waals surface area contributed by atoms with Crippen LogP contribution in [0.4, 0.5) is 0 Å². The van der Waals surface area contributed by atoms with Crippen LogP contribution in [0.3, 0.4) is 0 Å². The topological polar surface area (TPSA) is 84.6 Å². The van der Waals surface area contributed by atoms with Crippen molar-refractivity contribution in [2.75, 3.05) is 13.7 Å². The van der Waals surface area contributed by atoms with E-state index in [-0.39, 0.29) is 23.3 Å². The van der Waals surface area contributed by atoms with Gasteiger partial charge in [-0.05, 0) is 18.6 Å². The number of aromatic hydroxyl groups is 1. The Morgan fingerprint density at radius 2 is 2.26 bits per heavy atom. The highest BCUT2D eigenvalue weighted by atomic mass is 16.5. The van der Waals surface area contributed by atoms with E-state index in [2.05, 4.69) is 12.2 Å². The molecule has 1 rings (SSSR count). The molecular weight excluding hydrogens is 244 g/mol. The number of carbonyl (C=O) groups excluding carboxylic acids is 1. The number of rotatable bonds is 7. The van der Waals surface area contributed by atoms with Crippen molar-refractivity contribution in [1.29, 1.82) is 0 Å². The van der Waals surface area contributed by atoms with Crippen molar-refractivity contribution < 1.29 is 14.6 Å². The summed E-state index contributed by atoms with van der Waals surface area (Å²) in [6.45, 7) is 2.48. The number of phenolic OH excluding ortho intramolecular Hbond substituents is 1. The Balaban J connectivity index is 2.71. The predicted octanol–water partition coefficient (Wildman–Crippen LogP) is 1.65. The smallest absolute Gasteiger partial charge is 0.255 e. The van der Waals surface area contributed by atoms with Crippen molar-refractivity contribution in [3.63, 3.8) is 0 Å². The second kappa shape index (κ2) is 7.63. The molecule has 19 heavy (non-hydrogen) atoms. The summed E-state index contributed by atoms with van der Waals surface area (Å²) < 4.78 is 4.97. The number of ether oxygens (including phenoxy) is 1. The third-order valence-electron chi connectivity index (χ3n) is 2.98. The Kier molecular flexibility index (Phi) is 6.15. The Morgan fingerprint density at radius 1 is 1.53 bits per heavy atom. The maximum absolute atomic E-state index is 12.0. The third kappa shape index (κ3) is 4.44. The SMILES string of the molecule is CCCCC(CN)NC(=O)c1ccc(OC)cc1O. The van der Waals surface area contributed by atoms with E-state index in [0.29, 0.717) is 12.3 Å². The number of methoxy groups -OCH3 is 1. The molecular formula is C14H22N2O3. The van der Waals surface area contributed by atoms with Crippen LogP contribution in [0.1, 0.15) is 36.5 Å². The van der Waals surface area contributed by atoms with Crippen LogP contribution in [0.2, 0.25) is 0 Å². The number of unbranched alkanes of at least 4 members (excludes halogenated alkanes) is 1. The summed E-state index contributed by atoms with van der Waals surface area (Å²) >= 11 is 0. The standard InChI is InChI=1S/C14H22N2O3/c1-3-4-5-10(9-15)16-14(18)12-7-6-11(19-2)8-13(12)17/h6-8,10,17H,3-5,9,15H2,1-2H3,(H,16,18). The van der Waals surface area contributed by atoms with Gasteiger partial charge in [-0.25, -0.2) is 0 Å². The molecule has 0 radical (unpaired) electrons. The Morgan fingerprint density at radius 3 is 2.79 bits per heavy atom. The zero-order valence-corrected chi connectivity index (χ0v) is 11.5. The monoisotopic (exact) mass is 266 g/mol. The number of nitrogens with one attached hydrogen (secondary N) is 1. The Labute approximate surface area is 113 Å². The van der Waals surface area contributed by atoms with E-state index < -0.39 is 0 Å². The predicted molar refractivity (Wildman–Crippen MR) is 74.5 cm³/mol. The van der Waals surface area contributed by atoms with Gasteiger partial charge in [-0.2, -0.15) is 0 Å². The fraction of sp³-hybridized carbons (Fsp3) is 0.500. The van der Waals surface area contributed by atoms with Gasteiger partial charge in [0.1, 0.15) is 11.5 Å². The molecule has 0 aromatic heterocycles. The lowest BCUT2D eigenvalue weighted by Crippen LogP contribution is -2.40. The molecule has 1 atom stereocenters. The van der Waals surface area contributed by atoms with E-state index in [0.717, 1.165) is 19.3 Å². The number of benzene rings is 1. The van der Waals surface area contributed by atoms with E-state index in [1.807, 2.05) is 0 Å². The molecule has 106 valence electrons. The van der Waals surface area contributed by atoms with Crippen LogP contribution in [0.25, 0.3) is 0 Å². The first-order valence-corrected chi connectivity index (χ1v) is 6.50. The first-order chi connectivity index (χ1) is 9.12. The van der Waals surface area contributed by atoms with Crippen LogP contribution in [0.15, 0.2) is 18.2 Å². The second-order valence-corrected chi connectivity index (χ2v) is 4.43. The van der Waals surface area contributed by atoms with Crippen LogP contribution < -0.4 is 15.8 Å². The van der Waals surface area contributed by atoms with E-state index in [1.165, 1.54) is 19.2 Å². The van der Waals surface area contributed by atoms with Gasteiger partial charge in [0, 0.05) is 18.7 Å². The summed E-state index contributed by atoms with van der Waals surface area (Å²) in [4.78, 5) is 12.0. The van der Waals surface area contributed by atoms with Crippen molar-refractivity contribution in [2.45, 2.75) is 32.2 Å². The summed E-state index contributed by atoms with van der Waals surface area (Å²) in [7, 11) is 1.50. The summed E-state index contributed by atoms with van der Waals surface area (Å²) in [5, 5.41) is 12.6. The average molecular weight is 266 g/mol. The molecule has 5 nitrogen and oxygen atoms in total. The molecule has 1 amide bonds. The lowest BCUT2D eigenvalue weighted by Gasteiger charge is -2.17. The van der Waals surface area contributed by atoms with Crippen molar-refractivity contribution in [3.8, 4) is 11.5 Å². The third-order valence-corrected chi connectivity index (χ3v) is 2.98. The molecule has 0 saturated heterocycles. The number of nitrogens with two attached hydrogens (primary N) is 1. The van der Waals surface area contributed by atoms with Crippen molar-refractivity contribution >= 4 is 5.91 Å². The van der Waals surface area contributed by atoms with Gasteiger partial charge < -0.3 is 20.9 Å². The number of hydrogen-bond donors (Lipinski definition) is 3. The molecule has 0 spiro atoms. The number of amides is 1. The van der Waals surface area contributed by atoms with Crippen molar-refractivity contribution in [1.82, 2.24) is 5.32 Å². The highest BCUT2D eigenvalue weighted by Gasteiger charge is 2.15. The number of hydrogen-bond acceptors (Lipinski definition) is 4. The maximum atomic E-state index is 12.0. The summed E-state index contributed by atoms with van der Waals surface area (Å²) in [6, 6.07) is 4.53. The van der Waals surface area contributed by atoms with Gasteiger partial charge in [0.05, 0.1) is 12.7 Å². The van der Waals surface area contributed by atoms with Gasteiger partial charge in [0.2, 0.25) is 0 Å². The minimum Gasteiger partial charge on any atom is -0.507 e. The highest BCUT2D eigenvalue weighted by Crippen LogP contribution is 2.23. The molecule has 4 N–H and O–H groups in total. The van der Waals surface area contributed by atoms with E-state index in [4.69, 9.17) is 10.5 Å². The van der Waals surface area contributed by atoms with E-state index in [9.17, 15) is 9.90 Å². The molecule has 1 aromatic rings.